The van der Waals surface area contributed by atoms with Crippen molar-refractivity contribution in [1.82, 2.24) is 4.98 Å². The zero-order valence-electron chi connectivity index (χ0n) is 11.1. The molecule has 0 fully saturated rings. The van der Waals surface area contributed by atoms with Gasteiger partial charge in [0.25, 0.3) is 0 Å². The third-order valence-corrected chi connectivity index (χ3v) is 3.68. The summed E-state index contributed by atoms with van der Waals surface area (Å²) < 4.78 is 6.67. The molecule has 0 bridgehead atoms. The maximum absolute atomic E-state index is 11.4. The Hall–Kier alpha value is -2.20. The first-order valence-electron chi connectivity index (χ1n) is 6.48. The number of hydrogen-bond donors (Lipinski definition) is 0. The first kappa shape index (κ1) is 13.8. The van der Waals surface area contributed by atoms with E-state index in [1.807, 2.05) is 48.5 Å². The van der Waals surface area contributed by atoms with Crippen LogP contribution in [-0.2, 0) is 6.61 Å². The van der Waals surface area contributed by atoms with E-state index in [0.29, 0.717) is 17.9 Å². The summed E-state index contributed by atoms with van der Waals surface area (Å²) in [5, 5.41) is 1.92. The summed E-state index contributed by atoms with van der Waals surface area (Å²) in [6.45, 7) is 0.326. The van der Waals surface area contributed by atoms with Crippen LogP contribution in [0.15, 0.2) is 59.2 Å². The zero-order chi connectivity index (χ0) is 14.7. The average Bonchev–Trinajstić information content (AvgIpc) is 2.53. The van der Waals surface area contributed by atoms with Crippen LogP contribution >= 0.6 is 15.9 Å². The van der Waals surface area contributed by atoms with Gasteiger partial charge >= 0.3 is 0 Å². The molecule has 0 aliphatic rings. The Morgan fingerprint density at radius 3 is 2.71 bits per heavy atom. The van der Waals surface area contributed by atoms with Crippen LogP contribution in [0.4, 0.5) is 0 Å². The molecule has 0 aliphatic heterocycles. The molecule has 0 amide bonds. The van der Waals surface area contributed by atoms with Crippen molar-refractivity contribution in [2.24, 2.45) is 0 Å². The fourth-order valence-corrected chi connectivity index (χ4v) is 2.40. The molecule has 2 aromatic carbocycles. The third-order valence-electron chi connectivity index (χ3n) is 3.21. The van der Waals surface area contributed by atoms with Crippen molar-refractivity contribution in [3.8, 4) is 5.75 Å². The number of aromatic nitrogens is 1. The fraction of sp³-hybridized carbons (Fsp3) is 0.0588. The summed E-state index contributed by atoms with van der Waals surface area (Å²) in [5.74, 6) is 0.577. The predicted molar refractivity (Wildman–Crippen MR) is 85.6 cm³/mol. The maximum atomic E-state index is 11.4. The number of nitrogens with zero attached hydrogens (tertiary/aromatic N) is 1. The number of ether oxygens (including phenoxy) is 1. The lowest BCUT2D eigenvalue weighted by molar-refractivity contribution is 0.112. The summed E-state index contributed by atoms with van der Waals surface area (Å²) in [6, 6.07) is 15.3. The average molecular weight is 342 g/mol. The standard InChI is InChI=1S/C17H12BrNO2/c18-13-6-7-14(19-9-13)11-21-17-8-5-12-3-1-2-4-15(12)16(17)10-20/h1-10H,11H2. The minimum Gasteiger partial charge on any atom is -0.487 e. The summed E-state index contributed by atoms with van der Waals surface area (Å²) in [6.07, 6.45) is 2.56. The van der Waals surface area contributed by atoms with Crippen LogP contribution in [0.25, 0.3) is 10.8 Å². The maximum Gasteiger partial charge on any atom is 0.154 e. The van der Waals surface area contributed by atoms with E-state index >= 15 is 0 Å². The topological polar surface area (TPSA) is 39.2 Å². The second-order valence-corrected chi connectivity index (χ2v) is 5.49. The molecule has 0 N–H and O–H groups in total. The van der Waals surface area contributed by atoms with Gasteiger partial charge in [-0.15, -0.1) is 0 Å². The molecule has 1 heterocycles. The fourth-order valence-electron chi connectivity index (χ4n) is 2.17. The van der Waals surface area contributed by atoms with Gasteiger partial charge in [-0.1, -0.05) is 30.3 Å². The molecule has 0 atom stereocenters. The van der Waals surface area contributed by atoms with E-state index in [4.69, 9.17) is 4.74 Å². The Balaban J connectivity index is 1.90. The Bertz CT molecular complexity index is 784. The third kappa shape index (κ3) is 2.95. The lowest BCUT2D eigenvalue weighted by Gasteiger charge is -2.10. The number of rotatable bonds is 4. The predicted octanol–water partition coefficient (Wildman–Crippen LogP) is 4.39. The van der Waals surface area contributed by atoms with Gasteiger partial charge in [0.15, 0.2) is 6.29 Å². The number of aldehydes is 1. The Morgan fingerprint density at radius 2 is 1.95 bits per heavy atom. The lowest BCUT2D eigenvalue weighted by atomic mass is 10.0. The van der Waals surface area contributed by atoms with Gasteiger partial charge in [-0.05, 0) is 44.9 Å². The number of pyridine rings is 1. The largest absolute Gasteiger partial charge is 0.487 e. The van der Waals surface area contributed by atoms with Crippen LogP contribution in [0.5, 0.6) is 5.75 Å². The summed E-state index contributed by atoms with van der Waals surface area (Å²) in [5.41, 5.74) is 1.38. The van der Waals surface area contributed by atoms with Gasteiger partial charge in [-0.3, -0.25) is 9.78 Å². The number of halogens is 1. The number of carbonyl (C=O) groups is 1. The van der Waals surface area contributed by atoms with Gasteiger partial charge < -0.3 is 4.74 Å². The molecule has 3 rings (SSSR count). The van der Waals surface area contributed by atoms with Crippen LogP contribution in [0, 0.1) is 0 Å². The molecule has 0 aliphatic carbocycles. The van der Waals surface area contributed by atoms with Crippen molar-refractivity contribution in [3.05, 3.63) is 70.5 Å². The first-order valence-corrected chi connectivity index (χ1v) is 7.27. The molecular weight excluding hydrogens is 330 g/mol. The molecular formula is C17H12BrNO2. The molecule has 1 aromatic heterocycles. The second kappa shape index (κ2) is 6.06. The Labute approximate surface area is 130 Å². The number of benzene rings is 2. The van der Waals surface area contributed by atoms with Crippen LogP contribution in [-0.4, -0.2) is 11.3 Å². The molecule has 3 nitrogen and oxygen atoms in total. The van der Waals surface area contributed by atoms with Gasteiger partial charge in [0.1, 0.15) is 12.4 Å². The number of fused-ring (bicyclic) bond motifs is 1. The molecule has 0 spiro atoms. The zero-order valence-corrected chi connectivity index (χ0v) is 12.7. The quantitative estimate of drug-likeness (QED) is 0.660. The summed E-state index contributed by atoms with van der Waals surface area (Å²) in [7, 11) is 0. The van der Waals surface area contributed by atoms with E-state index < -0.39 is 0 Å². The van der Waals surface area contributed by atoms with Crippen molar-refractivity contribution in [2.45, 2.75) is 6.61 Å². The van der Waals surface area contributed by atoms with Gasteiger partial charge in [0.2, 0.25) is 0 Å². The van der Waals surface area contributed by atoms with Crippen molar-refractivity contribution in [1.29, 1.82) is 0 Å². The normalized spacial score (nSPS) is 10.5. The summed E-state index contributed by atoms with van der Waals surface area (Å²) in [4.78, 5) is 15.6. The van der Waals surface area contributed by atoms with Crippen molar-refractivity contribution >= 4 is 33.0 Å². The van der Waals surface area contributed by atoms with E-state index in [1.165, 1.54) is 0 Å². The Kier molecular flexibility index (Phi) is 3.97. The second-order valence-electron chi connectivity index (χ2n) is 4.57. The molecule has 4 heteroatoms. The molecule has 0 saturated carbocycles. The molecule has 0 unspecified atom stereocenters. The smallest absolute Gasteiger partial charge is 0.154 e. The molecule has 104 valence electrons. The van der Waals surface area contributed by atoms with Gasteiger partial charge in [0, 0.05) is 10.7 Å². The molecule has 0 saturated heterocycles. The highest BCUT2D eigenvalue weighted by atomic mass is 79.9. The van der Waals surface area contributed by atoms with Gasteiger partial charge in [-0.2, -0.15) is 0 Å². The summed E-state index contributed by atoms with van der Waals surface area (Å²) >= 11 is 3.34. The minimum atomic E-state index is 0.326. The first-order chi connectivity index (χ1) is 10.3. The van der Waals surface area contributed by atoms with Gasteiger partial charge in [-0.25, -0.2) is 0 Å². The van der Waals surface area contributed by atoms with Gasteiger partial charge in [0.05, 0.1) is 11.3 Å². The number of hydrogen-bond acceptors (Lipinski definition) is 3. The lowest BCUT2D eigenvalue weighted by Crippen LogP contribution is -2.00. The van der Waals surface area contributed by atoms with Crippen molar-refractivity contribution in [3.63, 3.8) is 0 Å². The highest BCUT2D eigenvalue weighted by Gasteiger charge is 2.08. The van der Waals surface area contributed by atoms with E-state index in [2.05, 4.69) is 20.9 Å². The monoisotopic (exact) mass is 341 g/mol. The van der Waals surface area contributed by atoms with E-state index in [1.54, 1.807) is 6.20 Å². The van der Waals surface area contributed by atoms with E-state index in [-0.39, 0.29) is 0 Å². The Morgan fingerprint density at radius 1 is 1.10 bits per heavy atom. The molecule has 0 radical (unpaired) electrons. The highest BCUT2D eigenvalue weighted by molar-refractivity contribution is 9.10. The number of carbonyl (C=O) groups excluding carboxylic acids is 1. The molecule has 3 aromatic rings. The minimum absolute atomic E-state index is 0.326. The van der Waals surface area contributed by atoms with Crippen LogP contribution < -0.4 is 4.74 Å². The van der Waals surface area contributed by atoms with Crippen LogP contribution in [0.2, 0.25) is 0 Å². The molecule has 21 heavy (non-hydrogen) atoms. The van der Waals surface area contributed by atoms with Crippen molar-refractivity contribution < 1.29 is 9.53 Å². The van der Waals surface area contributed by atoms with Crippen LogP contribution in [0.3, 0.4) is 0 Å². The highest BCUT2D eigenvalue weighted by Crippen LogP contribution is 2.27. The van der Waals surface area contributed by atoms with Crippen molar-refractivity contribution in [2.75, 3.05) is 0 Å². The SMILES string of the molecule is O=Cc1c(OCc2ccc(Br)cn2)ccc2ccccc12. The van der Waals surface area contributed by atoms with Crippen LogP contribution in [0.1, 0.15) is 16.1 Å². The van der Waals surface area contributed by atoms with E-state index in [9.17, 15) is 4.79 Å². The van der Waals surface area contributed by atoms with E-state index in [0.717, 1.165) is 27.2 Å².